The van der Waals surface area contributed by atoms with Crippen LogP contribution in [0.1, 0.15) is 11.3 Å². The molecule has 2 aromatic rings. The Balaban J connectivity index is 2.56. The number of aliphatic hydroxyl groups is 1. The minimum atomic E-state index is -4.68. The lowest BCUT2D eigenvalue weighted by molar-refractivity contribution is -0.384. The van der Waals surface area contributed by atoms with Crippen molar-refractivity contribution in [1.29, 1.82) is 0 Å². The molecule has 7 nitrogen and oxygen atoms in total. The van der Waals surface area contributed by atoms with E-state index >= 15 is 0 Å². The molecule has 0 saturated heterocycles. The van der Waals surface area contributed by atoms with E-state index in [1.54, 1.807) is 0 Å². The molecule has 0 radical (unpaired) electrons. The number of rotatable bonds is 3. The summed E-state index contributed by atoms with van der Waals surface area (Å²) < 4.78 is 38.5. The summed E-state index contributed by atoms with van der Waals surface area (Å²) in [5, 5.41) is 26.7. The fraction of sp³-hybridized carbons (Fsp3) is 0.200. The molecule has 0 amide bonds. The molecule has 0 bridgehead atoms. The van der Waals surface area contributed by atoms with Crippen LogP contribution in [0.4, 0.5) is 18.9 Å². The average Bonchev–Trinajstić information content (AvgIpc) is 2.85. The summed E-state index contributed by atoms with van der Waals surface area (Å²) in [6.45, 7) is -0.436. The number of aromatic nitrogens is 3. The van der Waals surface area contributed by atoms with E-state index in [-0.39, 0.29) is 11.4 Å². The van der Waals surface area contributed by atoms with Gasteiger partial charge >= 0.3 is 6.18 Å². The van der Waals surface area contributed by atoms with Crippen molar-refractivity contribution in [2.24, 2.45) is 0 Å². The summed E-state index contributed by atoms with van der Waals surface area (Å²) in [7, 11) is 0. The van der Waals surface area contributed by atoms with E-state index in [9.17, 15) is 23.3 Å². The largest absolute Gasteiger partial charge is 0.416 e. The van der Waals surface area contributed by atoms with Crippen molar-refractivity contribution in [3.05, 3.63) is 45.8 Å². The zero-order chi connectivity index (χ0) is 14.9. The SMILES string of the molecule is O=[N+]([O-])c1cc(C(F)(F)F)ccc1-n1cc(CO)nn1. The maximum Gasteiger partial charge on any atom is 0.416 e. The van der Waals surface area contributed by atoms with Gasteiger partial charge in [0.1, 0.15) is 11.4 Å². The van der Waals surface area contributed by atoms with Crippen LogP contribution in [0.2, 0.25) is 0 Å². The molecule has 10 heteroatoms. The number of halogens is 3. The Hall–Kier alpha value is -2.49. The summed E-state index contributed by atoms with van der Waals surface area (Å²) in [6.07, 6.45) is -3.49. The fourth-order valence-electron chi connectivity index (χ4n) is 1.53. The van der Waals surface area contributed by atoms with Crippen molar-refractivity contribution in [3.63, 3.8) is 0 Å². The summed E-state index contributed by atoms with van der Waals surface area (Å²) >= 11 is 0. The van der Waals surface area contributed by atoms with Crippen LogP contribution in [0.5, 0.6) is 0 Å². The molecule has 1 aromatic heterocycles. The lowest BCUT2D eigenvalue weighted by atomic mass is 10.1. The van der Waals surface area contributed by atoms with Crippen molar-refractivity contribution in [2.75, 3.05) is 0 Å². The van der Waals surface area contributed by atoms with Gasteiger partial charge in [0.25, 0.3) is 5.69 Å². The maximum absolute atomic E-state index is 12.5. The molecule has 0 unspecified atom stereocenters. The van der Waals surface area contributed by atoms with Crippen molar-refractivity contribution in [3.8, 4) is 5.69 Å². The van der Waals surface area contributed by atoms with E-state index in [1.807, 2.05) is 0 Å². The Morgan fingerprint density at radius 1 is 1.40 bits per heavy atom. The van der Waals surface area contributed by atoms with Gasteiger partial charge in [-0.25, -0.2) is 4.68 Å². The molecule has 106 valence electrons. The summed E-state index contributed by atoms with van der Waals surface area (Å²) in [6, 6.07) is 2.06. The monoisotopic (exact) mass is 288 g/mol. The highest BCUT2D eigenvalue weighted by Crippen LogP contribution is 2.34. The molecule has 0 atom stereocenters. The van der Waals surface area contributed by atoms with Gasteiger partial charge in [-0.15, -0.1) is 5.10 Å². The third kappa shape index (κ3) is 2.59. The molecule has 1 heterocycles. The predicted molar refractivity (Wildman–Crippen MR) is 58.9 cm³/mol. The van der Waals surface area contributed by atoms with E-state index in [4.69, 9.17) is 5.11 Å². The van der Waals surface area contributed by atoms with E-state index < -0.39 is 29.0 Å². The Labute approximate surface area is 109 Å². The number of aliphatic hydroxyl groups excluding tert-OH is 1. The van der Waals surface area contributed by atoms with E-state index in [1.165, 1.54) is 6.20 Å². The van der Waals surface area contributed by atoms with Gasteiger partial charge in [0, 0.05) is 6.07 Å². The van der Waals surface area contributed by atoms with Crippen LogP contribution in [0.15, 0.2) is 24.4 Å². The highest BCUT2D eigenvalue weighted by Gasteiger charge is 2.33. The molecule has 2 rings (SSSR count). The van der Waals surface area contributed by atoms with E-state index in [2.05, 4.69) is 10.3 Å². The third-order valence-electron chi connectivity index (χ3n) is 2.45. The number of nitro groups is 1. The van der Waals surface area contributed by atoms with Gasteiger partial charge in [0.05, 0.1) is 23.3 Å². The highest BCUT2D eigenvalue weighted by atomic mass is 19.4. The molecule has 1 N–H and O–H groups in total. The zero-order valence-electron chi connectivity index (χ0n) is 9.70. The van der Waals surface area contributed by atoms with Crippen LogP contribution in [-0.4, -0.2) is 25.0 Å². The van der Waals surface area contributed by atoms with Gasteiger partial charge < -0.3 is 5.11 Å². The number of alkyl halides is 3. The first-order chi connectivity index (χ1) is 9.32. The topological polar surface area (TPSA) is 94.1 Å². The van der Waals surface area contributed by atoms with Crippen molar-refractivity contribution in [1.82, 2.24) is 15.0 Å². The van der Waals surface area contributed by atoms with Gasteiger partial charge in [-0.3, -0.25) is 10.1 Å². The van der Waals surface area contributed by atoms with Gasteiger partial charge in [-0.1, -0.05) is 5.21 Å². The second-order valence-electron chi connectivity index (χ2n) is 3.77. The first-order valence-corrected chi connectivity index (χ1v) is 5.21. The molecule has 0 aliphatic rings. The van der Waals surface area contributed by atoms with E-state index in [0.29, 0.717) is 12.1 Å². The predicted octanol–water partition coefficient (Wildman–Crippen LogP) is 1.69. The Kier molecular flexibility index (Phi) is 3.40. The van der Waals surface area contributed by atoms with Crippen LogP contribution in [0.3, 0.4) is 0 Å². The molecular formula is C10H7F3N4O3. The Morgan fingerprint density at radius 3 is 2.60 bits per heavy atom. The van der Waals surface area contributed by atoms with Crippen LogP contribution >= 0.6 is 0 Å². The lowest BCUT2D eigenvalue weighted by Gasteiger charge is -2.08. The molecule has 0 aliphatic carbocycles. The highest BCUT2D eigenvalue weighted by molar-refractivity contribution is 5.54. The molecular weight excluding hydrogens is 281 g/mol. The Bertz CT molecular complexity index is 653. The number of nitrogens with zero attached hydrogens (tertiary/aromatic N) is 4. The normalized spacial score (nSPS) is 11.6. The molecule has 0 spiro atoms. The summed E-state index contributed by atoms with van der Waals surface area (Å²) in [5.74, 6) is 0. The minimum absolute atomic E-state index is 0.138. The molecule has 1 aromatic carbocycles. The van der Waals surface area contributed by atoms with Gasteiger partial charge in [0.2, 0.25) is 0 Å². The summed E-state index contributed by atoms with van der Waals surface area (Å²) in [4.78, 5) is 9.94. The second kappa shape index (κ2) is 4.89. The first kappa shape index (κ1) is 13.9. The zero-order valence-corrected chi connectivity index (χ0v) is 9.70. The van der Waals surface area contributed by atoms with Gasteiger partial charge in [0.15, 0.2) is 0 Å². The number of hydrogen-bond acceptors (Lipinski definition) is 5. The molecule has 20 heavy (non-hydrogen) atoms. The standard InChI is InChI=1S/C10H7F3N4O3/c11-10(12,13)6-1-2-8(9(3-6)17(19)20)16-4-7(5-18)14-15-16/h1-4,18H,5H2. The molecule has 0 aliphatic heterocycles. The Morgan fingerprint density at radius 2 is 2.10 bits per heavy atom. The van der Waals surface area contributed by atoms with Crippen molar-refractivity contribution >= 4 is 5.69 Å². The lowest BCUT2D eigenvalue weighted by Crippen LogP contribution is -2.08. The average molecular weight is 288 g/mol. The maximum atomic E-state index is 12.5. The molecule has 0 saturated carbocycles. The van der Waals surface area contributed by atoms with Crippen molar-refractivity contribution in [2.45, 2.75) is 12.8 Å². The van der Waals surface area contributed by atoms with Gasteiger partial charge in [-0.2, -0.15) is 13.2 Å². The summed E-state index contributed by atoms with van der Waals surface area (Å²) in [5.41, 5.74) is -1.92. The van der Waals surface area contributed by atoms with Crippen LogP contribution in [0, 0.1) is 10.1 Å². The van der Waals surface area contributed by atoms with E-state index in [0.717, 1.165) is 10.7 Å². The number of nitro benzene ring substituents is 1. The molecule has 0 fully saturated rings. The second-order valence-corrected chi connectivity index (χ2v) is 3.77. The quantitative estimate of drug-likeness (QED) is 0.685. The van der Waals surface area contributed by atoms with Crippen molar-refractivity contribution < 1.29 is 23.2 Å². The van der Waals surface area contributed by atoms with Gasteiger partial charge in [-0.05, 0) is 12.1 Å². The fourth-order valence-corrected chi connectivity index (χ4v) is 1.53. The third-order valence-corrected chi connectivity index (χ3v) is 2.45. The van der Waals surface area contributed by atoms with Crippen LogP contribution in [0.25, 0.3) is 5.69 Å². The van der Waals surface area contributed by atoms with Crippen LogP contribution in [-0.2, 0) is 12.8 Å². The minimum Gasteiger partial charge on any atom is -0.390 e. The number of benzene rings is 1. The van der Waals surface area contributed by atoms with Crippen LogP contribution < -0.4 is 0 Å². The first-order valence-electron chi connectivity index (χ1n) is 5.21. The smallest absolute Gasteiger partial charge is 0.390 e. The number of hydrogen-bond donors (Lipinski definition) is 1.